The molecule has 2 aromatic carbocycles. The van der Waals surface area contributed by atoms with Crippen LogP contribution in [0.25, 0.3) is 21.0 Å². The predicted molar refractivity (Wildman–Crippen MR) is 113 cm³/mol. The van der Waals surface area contributed by atoms with E-state index in [1.165, 1.54) is 29.5 Å². The van der Waals surface area contributed by atoms with Gasteiger partial charge in [0.1, 0.15) is 16.6 Å². The Morgan fingerprint density at radius 2 is 1.65 bits per heavy atom. The molecule has 5 rings (SSSR count). The summed E-state index contributed by atoms with van der Waals surface area (Å²) in [5, 5.41) is 6.67. The van der Waals surface area contributed by atoms with Crippen molar-refractivity contribution in [2.24, 2.45) is 4.99 Å². The molecule has 0 saturated carbocycles. The van der Waals surface area contributed by atoms with Crippen LogP contribution in [-0.4, -0.2) is 38.5 Å². The molecule has 4 aromatic rings. The summed E-state index contributed by atoms with van der Waals surface area (Å²) in [6, 6.07) is 11.5. The molecule has 11 heteroatoms. The van der Waals surface area contributed by atoms with Crippen LogP contribution >= 0.6 is 11.3 Å². The predicted octanol–water partition coefficient (Wildman–Crippen LogP) is 0.908. The molecule has 2 amide bonds. The molecule has 10 nitrogen and oxygen atoms in total. The number of Topliss-reactive ketones (excluding diaryl/α,β-unsaturated/α-hetero) is 1. The van der Waals surface area contributed by atoms with Crippen LogP contribution < -0.4 is 16.4 Å². The molecule has 3 heterocycles. The fraction of sp³-hybridized carbons (Fsp3) is 0.0500. The fourth-order valence-corrected chi connectivity index (χ4v) is 4.48. The van der Waals surface area contributed by atoms with Gasteiger partial charge in [-0.15, -0.1) is 11.3 Å². The van der Waals surface area contributed by atoms with Gasteiger partial charge in [-0.2, -0.15) is 0 Å². The molecule has 152 valence electrons. The lowest BCUT2D eigenvalue weighted by atomic mass is 9.93. The quantitative estimate of drug-likeness (QED) is 0.315. The van der Waals surface area contributed by atoms with Crippen LogP contribution in [0.15, 0.2) is 57.0 Å². The molecule has 0 aliphatic carbocycles. The molecule has 1 saturated heterocycles. The Bertz CT molecular complexity index is 1550. The summed E-state index contributed by atoms with van der Waals surface area (Å²) >= 11 is 1.17. The number of H-pyrrole nitrogens is 2. The summed E-state index contributed by atoms with van der Waals surface area (Å²) < 4.78 is 0.774. The Hall–Kier alpha value is -4.25. The summed E-state index contributed by atoms with van der Waals surface area (Å²) in [5.41, 5.74) is -0.816. The highest BCUT2D eigenvalue weighted by Crippen LogP contribution is 2.32. The first-order valence-corrected chi connectivity index (χ1v) is 9.83. The summed E-state index contributed by atoms with van der Waals surface area (Å²) in [5.74, 6) is -4.13. The molecule has 2 aromatic heterocycles. The molecule has 0 spiro atoms. The standard InChI is InChI=1S/C20H11N5O5S/c26-15-13(20-22-9-5-1-2-7-11(9)31-20)14(18(29)23-19(15)30)21-10-6-3-4-8-12(10)17(28)25-24-16(8)27/h1-7,13H,(H,24,27)(H,25,28)(H,23,29,30). The van der Waals surface area contributed by atoms with Crippen molar-refractivity contribution < 1.29 is 14.4 Å². The molecule has 1 atom stereocenters. The highest BCUT2D eigenvalue weighted by atomic mass is 32.1. The van der Waals surface area contributed by atoms with Crippen LogP contribution in [0.3, 0.4) is 0 Å². The summed E-state index contributed by atoms with van der Waals surface area (Å²) in [7, 11) is 0. The van der Waals surface area contributed by atoms with Gasteiger partial charge < -0.3 is 0 Å². The van der Waals surface area contributed by atoms with Gasteiger partial charge in [0, 0.05) is 0 Å². The third-order valence-corrected chi connectivity index (χ3v) is 5.92. The maximum absolute atomic E-state index is 12.7. The van der Waals surface area contributed by atoms with Crippen LogP contribution in [0.5, 0.6) is 0 Å². The number of carbonyl (C=O) groups is 3. The number of nitrogens with zero attached hydrogens (tertiary/aromatic N) is 2. The van der Waals surface area contributed by atoms with E-state index in [4.69, 9.17) is 0 Å². The minimum atomic E-state index is -1.32. The molecular formula is C20H11N5O5S. The van der Waals surface area contributed by atoms with Gasteiger partial charge in [0.15, 0.2) is 0 Å². The largest absolute Gasteiger partial charge is 0.295 e. The number of rotatable bonds is 2. The van der Waals surface area contributed by atoms with E-state index >= 15 is 0 Å². The Morgan fingerprint density at radius 3 is 2.45 bits per heavy atom. The minimum Gasteiger partial charge on any atom is -0.287 e. The number of amides is 2. The number of aliphatic imine (C=N–C) groups is 1. The molecule has 1 aliphatic rings. The van der Waals surface area contributed by atoms with Crippen LogP contribution in [-0.2, 0) is 14.4 Å². The Labute approximate surface area is 175 Å². The SMILES string of the molecule is O=C1NC(=O)C(=Nc2cccc3c(=O)[nH][nH]c(=O)c23)C(c2nc3ccccc3s2)C1=O. The summed E-state index contributed by atoms with van der Waals surface area (Å²) in [6.07, 6.45) is 0. The van der Waals surface area contributed by atoms with Crippen molar-refractivity contribution in [1.82, 2.24) is 20.5 Å². The zero-order chi connectivity index (χ0) is 21.7. The number of fused-ring (bicyclic) bond motifs is 2. The van der Waals surface area contributed by atoms with Crippen molar-refractivity contribution in [2.45, 2.75) is 5.92 Å². The molecular weight excluding hydrogens is 422 g/mol. The second kappa shape index (κ2) is 6.92. The van der Waals surface area contributed by atoms with Crippen LogP contribution in [0.4, 0.5) is 5.69 Å². The smallest absolute Gasteiger partial charge is 0.287 e. The second-order valence-corrected chi connectivity index (χ2v) is 7.77. The molecule has 0 bridgehead atoms. The molecule has 3 N–H and O–H groups in total. The number of carbonyl (C=O) groups excluding carboxylic acids is 3. The third-order valence-electron chi connectivity index (χ3n) is 4.82. The van der Waals surface area contributed by atoms with Crippen LogP contribution in [0.1, 0.15) is 10.9 Å². The molecule has 1 aliphatic heterocycles. The fourth-order valence-electron chi connectivity index (χ4n) is 3.41. The average molecular weight is 433 g/mol. The Morgan fingerprint density at radius 1 is 0.871 bits per heavy atom. The summed E-state index contributed by atoms with van der Waals surface area (Å²) in [4.78, 5) is 70.5. The third kappa shape index (κ3) is 2.99. The van der Waals surface area contributed by atoms with E-state index in [9.17, 15) is 24.0 Å². The maximum Gasteiger partial charge on any atom is 0.295 e. The van der Waals surface area contributed by atoms with E-state index in [1.54, 1.807) is 24.3 Å². The highest BCUT2D eigenvalue weighted by Gasteiger charge is 2.43. The first-order valence-electron chi connectivity index (χ1n) is 9.01. The zero-order valence-corrected chi connectivity index (χ0v) is 16.3. The van der Waals surface area contributed by atoms with Crippen molar-refractivity contribution in [1.29, 1.82) is 0 Å². The number of thiazole rings is 1. The average Bonchev–Trinajstić information content (AvgIpc) is 3.18. The molecule has 0 radical (unpaired) electrons. The lowest BCUT2D eigenvalue weighted by molar-refractivity contribution is -0.141. The second-order valence-electron chi connectivity index (χ2n) is 6.71. The number of para-hydroxylation sites is 1. The van der Waals surface area contributed by atoms with Gasteiger partial charge in [-0.25, -0.2) is 9.98 Å². The van der Waals surface area contributed by atoms with Gasteiger partial charge in [-0.3, -0.25) is 39.5 Å². The molecule has 1 fully saturated rings. The first-order chi connectivity index (χ1) is 14.9. The number of aromatic amines is 2. The number of hydrogen-bond donors (Lipinski definition) is 3. The summed E-state index contributed by atoms with van der Waals surface area (Å²) in [6.45, 7) is 0. The van der Waals surface area contributed by atoms with Crippen molar-refractivity contribution in [2.75, 3.05) is 0 Å². The van der Waals surface area contributed by atoms with Gasteiger partial charge in [0.25, 0.3) is 22.9 Å². The zero-order valence-electron chi connectivity index (χ0n) is 15.5. The van der Waals surface area contributed by atoms with Crippen molar-refractivity contribution in [3.63, 3.8) is 0 Å². The number of aromatic nitrogens is 3. The van der Waals surface area contributed by atoms with Gasteiger partial charge in [0.2, 0.25) is 5.78 Å². The van der Waals surface area contributed by atoms with Gasteiger partial charge in [-0.05, 0) is 24.3 Å². The number of benzene rings is 2. The highest BCUT2D eigenvalue weighted by molar-refractivity contribution is 7.19. The van der Waals surface area contributed by atoms with Crippen molar-refractivity contribution >= 4 is 61.3 Å². The minimum absolute atomic E-state index is 0.0169. The Kier molecular flexibility index (Phi) is 4.19. The lowest BCUT2D eigenvalue weighted by Crippen LogP contribution is -2.51. The Balaban J connectivity index is 1.76. The number of nitrogens with one attached hydrogen (secondary N) is 3. The number of ketones is 1. The van der Waals surface area contributed by atoms with E-state index < -0.39 is 34.6 Å². The lowest BCUT2D eigenvalue weighted by Gasteiger charge is -2.20. The maximum atomic E-state index is 12.7. The van der Waals surface area contributed by atoms with E-state index in [2.05, 4.69) is 20.2 Å². The molecule has 1 unspecified atom stereocenters. The van der Waals surface area contributed by atoms with Crippen LogP contribution in [0.2, 0.25) is 0 Å². The first kappa shape index (κ1) is 18.8. The van der Waals surface area contributed by atoms with E-state index in [-0.39, 0.29) is 27.2 Å². The number of imide groups is 1. The van der Waals surface area contributed by atoms with E-state index in [1.807, 2.05) is 5.32 Å². The van der Waals surface area contributed by atoms with Gasteiger partial charge in [-0.1, -0.05) is 18.2 Å². The topological polar surface area (TPSA) is 154 Å². The van der Waals surface area contributed by atoms with Gasteiger partial charge >= 0.3 is 0 Å². The number of piperidine rings is 1. The van der Waals surface area contributed by atoms with Crippen molar-refractivity contribution in [3.05, 3.63) is 68.2 Å². The van der Waals surface area contributed by atoms with Gasteiger partial charge in [0.05, 0.1) is 26.7 Å². The van der Waals surface area contributed by atoms with E-state index in [0.717, 1.165) is 4.70 Å². The molecule has 31 heavy (non-hydrogen) atoms. The monoisotopic (exact) mass is 433 g/mol. The van der Waals surface area contributed by atoms with Crippen molar-refractivity contribution in [3.8, 4) is 0 Å². The number of hydrogen-bond acceptors (Lipinski definition) is 8. The normalized spacial score (nSPS) is 18.1. The van der Waals surface area contributed by atoms with Crippen LogP contribution in [0, 0.1) is 0 Å². The van der Waals surface area contributed by atoms with E-state index in [0.29, 0.717) is 5.52 Å².